The van der Waals surface area contributed by atoms with Crippen molar-refractivity contribution in [2.45, 2.75) is 6.42 Å². The molecule has 1 fully saturated rings. The number of rotatable bonds is 2. The van der Waals surface area contributed by atoms with Gasteiger partial charge in [0.1, 0.15) is 11.7 Å². The van der Waals surface area contributed by atoms with Crippen molar-refractivity contribution in [3.8, 4) is 0 Å². The van der Waals surface area contributed by atoms with Gasteiger partial charge in [-0.25, -0.2) is 0 Å². The van der Waals surface area contributed by atoms with Crippen molar-refractivity contribution in [2.24, 2.45) is 10.9 Å². The number of amidine groups is 1. The summed E-state index contributed by atoms with van der Waals surface area (Å²) in [6.07, 6.45) is 10.0. The molecule has 3 heterocycles. The number of carbonyl (C=O) groups is 1. The van der Waals surface area contributed by atoms with Crippen LogP contribution in [-0.4, -0.2) is 34.6 Å². The van der Waals surface area contributed by atoms with Crippen LogP contribution in [0.1, 0.15) is 16.8 Å². The fraction of sp³-hybridized carbons (Fsp3) is 0.235. The maximum absolute atomic E-state index is 12.5. The van der Waals surface area contributed by atoms with Gasteiger partial charge in [-0.1, -0.05) is 22.0 Å². The number of hydrogen-bond donors (Lipinski definition) is 1. The fourth-order valence-electron chi connectivity index (χ4n) is 3.09. The van der Waals surface area contributed by atoms with E-state index in [1.807, 2.05) is 0 Å². The molecule has 2 aliphatic heterocycles. The standard InChI is InChI=1S/C17H15BrN4O/c18-12-3-4-13-14(8-12)21-16(22-7-6-20-17(13)22)9-15(23)11-2-1-5-19-10-11/h1-3,5,8-10,13,21H,4,6-7H2. The van der Waals surface area contributed by atoms with Crippen LogP contribution in [0.2, 0.25) is 0 Å². The second-order valence-electron chi connectivity index (χ2n) is 5.63. The van der Waals surface area contributed by atoms with Gasteiger partial charge in [0.25, 0.3) is 0 Å². The maximum atomic E-state index is 12.5. The summed E-state index contributed by atoms with van der Waals surface area (Å²) in [7, 11) is 0. The third kappa shape index (κ3) is 2.63. The lowest BCUT2D eigenvalue weighted by molar-refractivity contribution is 0.104. The number of fused-ring (bicyclic) bond motifs is 3. The summed E-state index contributed by atoms with van der Waals surface area (Å²) in [5.41, 5.74) is 1.67. The zero-order chi connectivity index (χ0) is 15.8. The summed E-state index contributed by atoms with van der Waals surface area (Å²) in [6, 6.07) is 3.54. The van der Waals surface area contributed by atoms with Gasteiger partial charge >= 0.3 is 0 Å². The Morgan fingerprint density at radius 1 is 1.48 bits per heavy atom. The lowest BCUT2D eigenvalue weighted by atomic mass is 9.92. The number of nitrogens with zero attached hydrogens (tertiary/aromatic N) is 3. The fourth-order valence-corrected chi connectivity index (χ4v) is 3.52. The molecule has 0 radical (unpaired) electrons. The van der Waals surface area contributed by atoms with Crippen LogP contribution in [0, 0.1) is 5.92 Å². The Balaban J connectivity index is 1.69. The Kier molecular flexibility index (Phi) is 3.61. The van der Waals surface area contributed by atoms with Crippen LogP contribution in [0.25, 0.3) is 0 Å². The molecule has 1 unspecified atom stereocenters. The van der Waals surface area contributed by atoms with Crippen molar-refractivity contribution >= 4 is 27.5 Å². The number of allylic oxidation sites excluding steroid dienone is 4. The lowest BCUT2D eigenvalue weighted by Crippen LogP contribution is -2.46. The van der Waals surface area contributed by atoms with E-state index >= 15 is 0 Å². The smallest absolute Gasteiger partial charge is 0.191 e. The summed E-state index contributed by atoms with van der Waals surface area (Å²) in [6.45, 7) is 1.58. The predicted octanol–water partition coefficient (Wildman–Crippen LogP) is 2.61. The van der Waals surface area contributed by atoms with Gasteiger partial charge in [0, 0.05) is 40.8 Å². The van der Waals surface area contributed by atoms with Crippen molar-refractivity contribution in [1.82, 2.24) is 15.2 Å². The Morgan fingerprint density at radius 3 is 3.22 bits per heavy atom. The topological polar surface area (TPSA) is 57.6 Å². The molecule has 23 heavy (non-hydrogen) atoms. The minimum atomic E-state index is -0.0590. The highest BCUT2D eigenvalue weighted by Crippen LogP contribution is 2.34. The predicted molar refractivity (Wildman–Crippen MR) is 92.0 cm³/mol. The van der Waals surface area contributed by atoms with Gasteiger partial charge in [0.15, 0.2) is 5.78 Å². The van der Waals surface area contributed by atoms with E-state index in [1.165, 1.54) is 0 Å². The van der Waals surface area contributed by atoms with Crippen LogP contribution < -0.4 is 5.32 Å². The summed E-state index contributed by atoms with van der Waals surface area (Å²) >= 11 is 3.53. The van der Waals surface area contributed by atoms with E-state index in [9.17, 15) is 4.79 Å². The van der Waals surface area contributed by atoms with Gasteiger partial charge < -0.3 is 10.2 Å². The van der Waals surface area contributed by atoms with Crippen LogP contribution in [-0.2, 0) is 0 Å². The number of carbonyl (C=O) groups excluding carboxylic acids is 1. The van der Waals surface area contributed by atoms with E-state index in [0.29, 0.717) is 5.56 Å². The Hall–Kier alpha value is -2.21. The molecular weight excluding hydrogens is 356 g/mol. The van der Waals surface area contributed by atoms with Crippen LogP contribution >= 0.6 is 15.9 Å². The quantitative estimate of drug-likeness (QED) is 0.642. The number of pyridine rings is 1. The van der Waals surface area contributed by atoms with Crippen molar-refractivity contribution in [3.63, 3.8) is 0 Å². The van der Waals surface area contributed by atoms with Gasteiger partial charge in [0.05, 0.1) is 12.5 Å². The molecule has 1 aromatic heterocycles. The first-order valence-electron chi connectivity index (χ1n) is 7.54. The summed E-state index contributed by atoms with van der Waals surface area (Å²) < 4.78 is 1.06. The Morgan fingerprint density at radius 2 is 2.39 bits per heavy atom. The molecule has 1 saturated heterocycles. The lowest BCUT2D eigenvalue weighted by Gasteiger charge is -2.38. The number of aromatic nitrogens is 1. The molecule has 0 spiro atoms. The first-order valence-corrected chi connectivity index (χ1v) is 8.34. The van der Waals surface area contributed by atoms with E-state index in [2.05, 4.69) is 48.3 Å². The summed E-state index contributed by atoms with van der Waals surface area (Å²) in [4.78, 5) is 23.2. The van der Waals surface area contributed by atoms with Crippen LogP contribution in [0.4, 0.5) is 0 Å². The molecule has 1 aromatic rings. The minimum absolute atomic E-state index is 0.0590. The normalized spacial score (nSPS) is 24.2. The van der Waals surface area contributed by atoms with Crippen LogP contribution in [0.3, 0.4) is 0 Å². The van der Waals surface area contributed by atoms with E-state index in [0.717, 1.165) is 41.3 Å². The molecule has 0 saturated carbocycles. The van der Waals surface area contributed by atoms with E-state index in [4.69, 9.17) is 0 Å². The number of ketones is 1. The molecule has 0 aromatic carbocycles. The third-order valence-corrected chi connectivity index (χ3v) is 4.73. The molecule has 5 nitrogen and oxygen atoms in total. The van der Waals surface area contributed by atoms with Gasteiger partial charge in [-0.05, 0) is 24.6 Å². The number of halogens is 1. The van der Waals surface area contributed by atoms with Crippen LogP contribution in [0.5, 0.6) is 0 Å². The highest BCUT2D eigenvalue weighted by Gasteiger charge is 2.36. The third-order valence-electron chi connectivity index (χ3n) is 4.18. The average Bonchev–Trinajstić information content (AvgIpc) is 3.05. The van der Waals surface area contributed by atoms with Gasteiger partial charge in [-0.15, -0.1) is 0 Å². The second-order valence-corrected chi connectivity index (χ2v) is 6.54. The SMILES string of the molecule is O=C(C=C1NC2=CC(Br)=CCC2C2=NCCN12)c1cccnc1. The number of aliphatic imine (C=N–C) groups is 1. The van der Waals surface area contributed by atoms with Crippen molar-refractivity contribution in [3.05, 3.63) is 64.3 Å². The maximum Gasteiger partial charge on any atom is 0.191 e. The highest BCUT2D eigenvalue weighted by molar-refractivity contribution is 9.11. The van der Waals surface area contributed by atoms with Gasteiger partial charge in [-0.2, -0.15) is 0 Å². The monoisotopic (exact) mass is 370 g/mol. The summed E-state index contributed by atoms with van der Waals surface area (Å²) in [5, 5.41) is 3.41. The molecule has 1 aliphatic carbocycles. The average molecular weight is 371 g/mol. The van der Waals surface area contributed by atoms with Crippen molar-refractivity contribution in [1.29, 1.82) is 0 Å². The largest absolute Gasteiger partial charge is 0.344 e. The highest BCUT2D eigenvalue weighted by atomic mass is 79.9. The second kappa shape index (κ2) is 5.77. The first-order chi connectivity index (χ1) is 11.2. The first kappa shape index (κ1) is 14.4. The van der Waals surface area contributed by atoms with Crippen molar-refractivity contribution in [2.75, 3.05) is 13.1 Å². The van der Waals surface area contributed by atoms with Crippen LogP contribution in [0.15, 0.2) is 63.7 Å². The molecule has 0 amide bonds. The van der Waals surface area contributed by atoms with E-state index in [-0.39, 0.29) is 11.7 Å². The van der Waals surface area contributed by atoms with Gasteiger partial charge in [-0.3, -0.25) is 14.8 Å². The molecule has 116 valence electrons. The molecule has 1 atom stereocenters. The van der Waals surface area contributed by atoms with E-state index in [1.54, 1.807) is 30.6 Å². The van der Waals surface area contributed by atoms with Crippen molar-refractivity contribution < 1.29 is 4.79 Å². The van der Waals surface area contributed by atoms with Gasteiger partial charge in [0.2, 0.25) is 0 Å². The Bertz CT molecular complexity index is 779. The molecule has 6 heteroatoms. The number of nitrogens with one attached hydrogen (secondary N) is 1. The summed E-state index contributed by atoms with van der Waals surface area (Å²) in [5.74, 6) is 2.04. The molecular formula is C17H15BrN4O. The number of hydrogen-bond acceptors (Lipinski definition) is 5. The molecule has 4 rings (SSSR count). The zero-order valence-electron chi connectivity index (χ0n) is 12.4. The van der Waals surface area contributed by atoms with E-state index < -0.39 is 0 Å². The Labute approximate surface area is 142 Å². The molecule has 0 bridgehead atoms. The molecule has 3 aliphatic rings. The zero-order valence-corrected chi connectivity index (χ0v) is 14.0. The minimum Gasteiger partial charge on any atom is -0.344 e. The molecule has 1 N–H and O–H groups in total.